The molecule has 3 atom stereocenters. The van der Waals surface area contributed by atoms with Crippen molar-refractivity contribution in [2.45, 2.75) is 12.5 Å². The van der Waals surface area contributed by atoms with Crippen molar-refractivity contribution in [3.05, 3.63) is 0 Å². The van der Waals surface area contributed by atoms with Gasteiger partial charge < -0.3 is 11.1 Å². The van der Waals surface area contributed by atoms with Gasteiger partial charge in [0.1, 0.15) is 0 Å². The zero-order valence-corrected chi connectivity index (χ0v) is 4.93. The van der Waals surface area contributed by atoms with E-state index in [-0.39, 0.29) is 0 Å². The van der Waals surface area contributed by atoms with Crippen molar-refractivity contribution in [3.8, 4) is 0 Å². The zero-order chi connectivity index (χ0) is 5.56. The Balaban J connectivity index is 2.02. The Labute approximate surface area is 49.4 Å². The third-order valence-electron chi connectivity index (χ3n) is 2.52. The fraction of sp³-hybridized carbons (Fsp3) is 1.00. The first-order valence-corrected chi connectivity index (χ1v) is 3.34. The molecule has 2 fully saturated rings. The van der Waals surface area contributed by atoms with E-state index in [0.29, 0.717) is 6.04 Å². The summed E-state index contributed by atoms with van der Waals surface area (Å²) < 4.78 is 0. The van der Waals surface area contributed by atoms with E-state index in [2.05, 4.69) is 5.32 Å². The molecule has 2 rings (SSSR count). The van der Waals surface area contributed by atoms with Crippen LogP contribution in [0.5, 0.6) is 0 Å². The number of fused-ring (bicyclic) bond motifs is 1. The molecule has 1 aliphatic carbocycles. The highest BCUT2D eigenvalue weighted by Gasteiger charge is 2.41. The number of hydrogen-bond acceptors (Lipinski definition) is 2. The molecule has 2 heteroatoms. The molecule has 2 nitrogen and oxygen atoms in total. The van der Waals surface area contributed by atoms with Crippen molar-refractivity contribution in [3.63, 3.8) is 0 Å². The van der Waals surface area contributed by atoms with Gasteiger partial charge in [-0.15, -0.1) is 0 Å². The third kappa shape index (κ3) is 0.446. The first-order valence-electron chi connectivity index (χ1n) is 3.34. The molecular weight excluding hydrogens is 100 g/mol. The van der Waals surface area contributed by atoms with Crippen molar-refractivity contribution in [1.82, 2.24) is 5.32 Å². The monoisotopic (exact) mass is 112 g/mol. The first-order chi connectivity index (χ1) is 3.88. The molecule has 1 aliphatic heterocycles. The van der Waals surface area contributed by atoms with Gasteiger partial charge in [-0.2, -0.15) is 0 Å². The van der Waals surface area contributed by atoms with Gasteiger partial charge in [-0.25, -0.2) is 0 Å². The molecule has 46 valence electrons. The lowest BCUT2D eigenvalue weighted by molar-refractivity contribution is 0.194. The molecule has 3 N–H and O–H groups in total. The second-order valence-electron chi connectivity index (χ2n) is 2.98. The Hall–Kier alpha value is -0.0800. The van der Waals surface area contributed by atoms with E-state index in [1.165, 1.54) is 19.5 Å². The van der Waals surface area contributed by atoms with Gasteiger partial charge in [0.2, 0.25) is 0 Å². The van der Waals surface area contributed by atoms with Gasteiger partial charge in [0, 0.05) is 6.04 Å². The fourth-order valence-electron chi connectivity index (χ4n) is 1.84. The maximum absolute atomic E-state index is 5.72. The van der Waals surface area contributed by atoms with Crippen molar-refractivity contribution in [2.75, 3.05) is 13.1 Å². The lowest BCUT2D eigenvalue weighted by Gasteiger charge is -2.36. The quantitative estimate of drug-likeness (QED) is 0.445. The van der Waals surface area contributed by atoms with Crippen LogP contribution in [0.2, 0.25) is 0 Å². The minimum Gasteiger partial charge on any atom is -0.327 e. The smallest absolute Gasteiger partial charge is 0.00856 e. The highest BCUT2D eigenvalue weighted by molar-refractivity contribution is 4.98. The third-order valence-corrected chi connectivity index (χ3v) is 2.52. The molecule has 1 saturated heterocycles. The standard InChI is InChI=1S/C6H12N2/c7-6-1-4-2-8-3-5(4)6/h4-6,8H,1-3,7H2/t4?,5?,6-/m0/s1. The van der Waals surface area contributed by atoms with Crippen LogP contribution in [0.3, 0.4) is 0 Å². The summed E-state index contributed by atoms with van der Waals surface area (Å²) in [5, 5.41) is 3.33. The summed E-state index contributed by atoms with van der Waals surface area (Å²) in [6.07, 6.45) is 1.26. The van der Waals surface area contributed by atoms with E-state index in [1.54, 1.807) is 0 Å². The Kier molecular flexibility index (Phi) is 0.866. The van der Waals surface area contributed by atoms with E-state index >= 15 is 0 Å². The minimum absolute atomic E-state index is 0.523. The molecule has 0 aromatic carbocycles. The number of nitrogens with two attached hydrogens (primary N) is 1. The number of nitrogens with one attached hydrogen (secondary N) is 1. The molecule has 0 radical (unpaired) electrons. The van der Waals surface area contributed by atoms with Crippen LogP contribution in [0.25, 0.3) is 0 Å². The molecular formula is C6H12N2. The first kappa shape index (κ1) is 4.77. The second-order valence-corrected chi connectivity index (χ2v) is 2.98. The Bertz CT molecular complexity index is 103. The average molecular weight is 112 g/mol. The number of hydrogen-bond donors (Lipinski definition) is 2. The summed E-state index contributed by atoms with van der Waals surface area (Å²) >= 11 is 0. The predicted octanol–water partition coefficient (Wildman–Crippen LogP) is -0.447. The maximum Gasteiger partial charge on any atom is 0.00856 e. The Morgan fingerprint density at radius 1 is 1.38 bits per heavy atom. The minimum atomic E-state index is 0.523. The van der Waals surface area contributed by atoms with Crippen LogP contribution in [0.15, 0.2) is 0 Å². The van der Waals surface area contributed by atoms with Crippen LogP contribution in [-0.4, -0.2) is 19.1 Å². The van der Waals surface area contributed by atoms with Crippen LogP contribution in [0, 0.1) is 11.8 Å². The molecule has 0 amide bonds. The van der Waals surface area contributed by atoms with Crippen LogP contribution in [0.1, 0.15) is 6.42 Å². The zero-order valence-electron chi connectivity index (χ0n) is 4.93. The highest BCUT2D eigenvalue weighted by Crippen LogP contribution is 2.35. The molecule has 8 heavy (non-hydrogen) atoms. The van der Waals surface area contributed by atoms with Gasteiger partial charge in [0.05, 0.1) is 0 Å². The van der Waals surface area contributed by atoms with Crippen LogP contribution < -0.4 is 11.1 Å². The molecule has 0 bridgehead atoms. The summed E-state index contributed by atoms with van der Waals surface area (Å²) in [7, 11) is 0. The van der Waals surface area contributed by atoms with Crippen LogP contribution in [0.4, 0.5) is 0 Å². The molecule has 0 aromatic heterocycles. The molecule has 1 heterocycles. The maximum atomic E-state index is 5.72. The summed E-state index contributed by atoms with van der Waals surface area (Å²) in [5.74, 6) is 1.76. The molecule has 1 saturated carbocycles. The van der Waals surface area contributed by atoms with Crippen molar-refractivity contribution >= 4 is 0 Å². The van der Waals surface area contributed by atoms with Gasteiger partial charge in [-0.1, -0.05) is 0 Å². The SMILES string of the molecule is N[C@H]1CC2CNCC21. The molecule has 0 aromatic rings. The lowest BCUT2D eigenvalue weighted by atomic mass is 9.72. The van der Waals surface area contributed by atoms with Crippen molar-refractivity contribution in [2.24, 2.45) is 17.6 Å². The molecule has 0 spiro atoms. The van der Waals surface area contributed by atoms with E-state index in [4.69, 9.17) is 5.73 Å². The topological polar surface area (TPSA) is 38.0 Å². The second kappa shape index (κ2) is 1.45. The largest absolute Gasteiger partial charge is 0.327 e. The summed E-state index contributed by atoms with van der Waals surface area (Å²) in [6.45, 7) is 2.39. The van der Waals surface area contributed by atoms with Crippen molar-refractivity contribution in [1.29, 1.82) is 0 Å². The summed E-state index contributed by atoms with van der Waals surface area (Å²) in [5.41, 5.74) is 5.72. The van der Waals surface area contributed by atoms with E-state index in [1.807, 2.05) is 0 Å². The summed E-state index contributed by atoms with van der Waals surface area (Å²) in [6, 6.07) is 0.523. The fourth-order valence-corrected chi connectivity index (χ4v) is 1.84. The summed E-state index contributed by atoms with van der Waals surface area (Å²) in [4.78, 5) is 0. The van der Waals surface area contributed by atoms with Gasteiger partial charge in [-0.3, -0.25) is 0 Å². The molecule has 2 aliphatic rings. The number of rotatable bonds is 0. The van der Waals surface area contributed by atoms with E-state index in [0.717, 1.165) is 11.8 Å². The molecule has 2 unspecified atom stereocenters. The van der Waals surface area contributed by atoms with Gasteiger partial charge in [0.15, 0.2) is 0 Å². The van der Waals surface area contributed by atoms with Gasteiger partial charge >= 0.3 is 0 Å². The van der Waals surface area contributed by atoms with E-state index < -0.39 is 0 Å². The highest BCUT2D eigenvalue weighted by atomic mass is 15.0. The Morgan fingerprint density at radius 3 is 2.75 bits per heavy atom. The Morgan fingerprint density at radius 2 is 2.25 bits per heavy atom. The lowest BCUT2D eigenvalue weighted by Crippen LogP contribution is -2.46. The van der Waals surface area contributed by atoms with Gasteiger partial charge in [-0.05, 0) is 31.3 Å². The normalized spacial score (nSPS) is 52.9. The van der Waals surface area contributed by atoms with Crippen LogP contribution >= 0.6 is 0 Å². The average Bonchev–Trinajstić information content (AvgIpc) is 2.09. The van der Waals surface area contributed by atoms with E-state index in [9.17, 15) is 0 Å². The van der Waals surface area contributed by atoms with Gasteiger partial charge in [0.25, 0.3) is 0 Å². The van der Waals surface area contributed by atoms with Crippen LogP contribution in [-0.2, 0) is 0 Å². The van der Waals surface area contributed by atoms with Crippen molar-refractivity contribution < 1.29 is 0 Å². The predicted molar refractivity (Wildman–Crippen MR) is 32.4 cm³/mol.